The summed E-state index contributed by atoms with van der Waals surface area (Å²) in [5, 5.41) is 3.35. The lowest BCUT2D eigenvalue weighted by atomic mass is 10.1. The van der Waals surface area contributed by atoms with Gasteiger partial charge >= 0.3 is 5.97 Å². The second-order valence-corrected chi connectivity index (χ2v) is 7.58. The molecule has 0 aliphatic carbocycles. The second kappa shape index (κ2) is 9.29. The van der Waals surface area contributed by atoms with Gasteiger partial charge in [-0.1, -0.05) is 35.3 Å². The van der Waals surface area contributed by atoms with Crippen LogP contribution in [0.2, 0.25) is 10.0 Å². The first-order chi connectivity index (χ1) is 13.8. The molecule has 0 bridgehead atoms. The van der Waals surface area contributed by atoms with Crippen molar-refractivity contribution in [2.75, 3.05) is 16.8 Å². The zero-order valence-corrected chi connectivity index (χ0v) is 17.3. The average molecular weight is 435 g/mol. The molecule has 0 spiro atoms. The number of hydrogen-bond acceptors (Lipinski definition) is 4. The molecule has 152 valence electrons. The molecule has 2 amide bonds. The Morgan fingerprint density at radius 3 is 2.52 bits per heavy atom. The van der Waals surface area contributed by atoms with Crippen molar-refractivity contribution in [3.05, 3.63) is 58.1 Å². The number of carbonyl (C=O) groups is 3. The summed E-state index contributed by atoms with van der Waals surface area (Å²) in [5.74, 6) is -0.914. The van der Waals surface area contributed by atoms with E-state index in [1.54, 1.807) is 29.2 Å². The predicted molar refractivity (Wildman–Crippen MR) is 112 cm³/mol. The van der Waals surface area contributed by atoms with E-state index < -0.39 is 18.0 Å². The highest BCUT2D eigenvalue weighted by atomic mass is 35.5. The smallest absolute Gasteiger partial charge is 0.311 e. The lowest BCUT2D eigenvalue weighted by molar-refractivity contribution is -0.152. The minimum Gasteiger partial charge on any atom is -0.452 e. The lowest BCUT2D eigenvalue weighted by Gasteiger charge is -2.16. The molecule has 1 aliphatic heterocycles. The minimum atomic E-state index is -0.990. The van der Waals surface area contributed by atoms with Crippen LogP contribution in [-0.2, 0) is 25.5 Å². The van der Waals surface area contributed by atoms with Crippen LogP contribution in [0.4, 0.5) is 11.4 Å². The summed E-state index contributed by atoms with van der Waals surface area (Å²) >= 11 is 11.9. The molecule has 2 aromatic rings. The van der Waals surface area contributed by atoms with E-state index in [0.29, 0.717) is 28.7 Å². The number of amides is 2. The molecule has 1 fully saturated rings. The van der Waals surface area contributed by atoms with Crippen molar-refractivity contribution in [3.63, 3.8) is 0 Å². The third kappa shape index (κ3) is 5.49. The standard InChI is InChI=1S/C21H20Cl2N2O4/c1-13(21(28)24-18-9-6-15(22)12-17(18)23)29-20(27)11-14-4-7-16(8-5-14)25-10-2-3-19(25)26/h4-9,12-13H,2-3,10-11H2,1H3,(H,24,28). The van der Waals surface area contributed by atoms with Crippen molar-refractivity contribution in [2.24, 2.45) is 0 Å². The summed E-state index contributed by atoms with van der Waals surface area (Å²) in [4.78, 5) is 37.9. The number of nitrogens with one attached hydrogen (secondary N) is 1. The number of hydrogen-bond donors (Lipinski definition) is 1. The van der Waals surface area contributed by atoms with Crippen LogP contribution in [-0.4, -0.2) is 30.4 Å². The largest absolute Gasteiger partial charge is 0.452 e. The van der Waals surface area contributed by atoms with Crippen molar-refractivity contribution in [3.8, 4) is 0 Å². The molecule has 6 nitrogen and oxygen atoms in total. The molecule has 0 saturated carbocycles. The zero-order valence-electron chi connectivity index (χ0n) is 15.8. The molecular weight excluding hydrogens is 415 g/mol. The Morgan fingerprint density at radius 2 is 1.90 bits per heavy atom. The topological polar surface area (TPSA) is 75.7 Å². The SMILES string of the molecule is CC(OC(=O)Cc1ccc(N2CCCC2=O)cc1)C(=O)Nc1ccc(Cl)cc1Cl. The molecule has 1 saturated heterocycles. The van der Waals surface area contributed by atoms with Crippen molar-refractivity contribution < 1.29 is 19.1 Å². The Bertz CT molecular complexity index is 931. The fraction of sp³-hybridized carbons (Fsp3) is 0.286. The Morgan fingerprint density at radius 1 is 1.17 bits per heavy atom. The van der Waals surface area contributed by atoms with Crippen LogP contribution in [0, 0.1) is 0 Å². The summed E-state index contributed by atoms with van der Waals surface area (Å²) < 4.78 is 5.21. The first-order valence-corrected chi connectivity index (χ1v) is 9.94. The monoisotopic (exact) mass is 434 g/mol. The predicted octanol–water partition coefficient (Wildman–Crippen LogP) is 4.23. The van der Waals surface area contributed by atoms with E-state index in [1.165, 1.54) is 13.0 Å². The van der Waals surface area contributed by atoms with Crippen LogP contribution < -0.4 is 10.2 Å². The van der Waals surface area contributed by atoms with E-state index in [0.717, 1.165) is 17.7 Å². The number of esters is 1. The highest BCUT2D eigenvalue weighted by Crippen LogP contribution is 2.25. The van der Waals surface area contributed by atoms with Gasteiger partial charge < -0.3 is 15.0 Å². The molecule has 1 heterocycles. The van der Waals surface area contributed by atoms with E-state index in [9.17, 15) is 14.4 Å². The van der Waals surface area contributed by atoms with E-state index in [4.69, 9.17) is 27.9 Å². The highest BCUT2D eigenvalue weighted by Gasteiger charge is 2.22. The summed E-state index contributed by atoms with van der Waals surface area (Å²) in [5.41, 5.74) is 1.94. The van der Waals surface area contributed by atoms with Crippen LogP contribution in [0.25, 0.3) is 0 Å². The molecule has 8 heteroatoms. The molecule has 1 atom stereocenters. The Hall–Kier alpha value is -2.57. The van der Waals surface area contributed by atoms with Crippen molar-refractivity contribution in [2.45, 2.75) is 32.3 Å². The van der Waals surface area contributed by atoms with Gasteiger partial charge in [-0.3, -0.25) is 14.4 Å². The van der Waals surface area contributed by atoms with Gasteiger partial charge in [0.15, 0.2) is 6.10 Å². The van der Waals surface area contributed by atoms with Crippen LogP contribution in [0.15, 0.2) is 42.5 Å². The Labute approximate surface area is 178 Å². The fourth-order valence-corrected chi connectivity index (χ4v) is 3.45. The van der Waals surface area contributed by atoms with Crippen LogP contribution in [0.1, 0.15) is 25.3 Å². The third-order valence-electron chi connectivity index (χ3n) is 4.54. The van der Waals surface area contributed by atoms with Gasteiger partial charge in [-0.05, 0) is 49.2 Å². The number of nitrogens with zero attached hydrogens (tertiary/aromatic N) is 1. The van der Waals surface area contributed by atoms with Gasteiger partial charge in [0.05, 0.1) is 17.1 Å². The highest BCUT2D eigenvalue weighted by molar-refractivity contribution is 6.36. The van der Waals surface area contributed by atoms with Crippen LogP contribution >= 0.6 is 23.2 Å². The van der Waals surface area contributed by atoms with E-state index in [2.05, 4.69) is 5.32 Å². The lowest BCUT2D eigenvalue weighted by Crippen LogP contribution is -2.30. The number of carbonyl (C=O) groups excluding carboxylic acids is 3. The molecule has 1 aliphatic rings. The van der Waals surface area contributed by atoms with Crippen LogP contribution in [0.5, 0.6) is 0 Å². The quantitative estimate of drug-likeness (QED) is 0.689. The average Bonchev–Trinajstić information content (AvgIpc) is 3.10. The van der Waals surface area contributed by atoms with Crippen molar-refractivity contribution >= 4 is 52.4 Å². The molecule has 29 heavy (non-hydrogen) atoms. The fourth-order valence-electron chi connectivity index (χ4n) is 3.00. The molecule has 2 aromatic carbocycles. The summed E-state index contributed by atoms with van der Waals surface area (Å²) in [6.07, 6.45) is 0.451. The normalized spacial score (nSPS) is 14.6. The third-order valence-corrected chi connectivity index (χ3v) is 5.08. The van der Waals surface area contributed by atoms with Gasteiger partial charge in [-0.25, -0.2) is 0 Å². The van der Waals surface area contributed by atoms with E-state index in [1.807, 2.05) is 12.1 Å². The molecule has 1 N–H and O–H groups in total. The summed E-state index contributed by atoms with van der Waals surface area (Å²) in [6, 6.07) is 11.9. The summed E-state index contributed by atoms with van der Waals surface area (Å²) in [6.45, 7) is 2.20. The minimum absolute atomic E-state index is 0.0214. The van der Waals surface area contributed by atoms with E-state index in [-0.39, 0.29) is 12.3 Å². The number of rotatable bonds is 6. The second-order valence-electron chi connectivity index (χ2n) is 6.74. The van der Waals surface area contributed by atoms with E-state index >= 15 is 0 Å². The molecular formula is C21H20Cl2N2O4. The zero-order chi connectivity index (χ0) is 21.0. The first-order valence-electron chi connectivity index (χ1n) is 9.18. The van der Waals surface area contributed by atoms with Gasteiger partial charge in [0.25, 0.3) is 5.91 Å². The van der Waals surface area contributed by atoms with Gasteiger partial charge in [-0.2, -0.15) is 0 Å². The van der Waals surface area contributed by atoms with Crippen molar-refractivity contribution in [1.82, 2.24) is 0 Å². The Balaban J connectivity index is 1.53. The maximum Gasteiger partial charge on any atom is 0.311 e. The van der Waals surface area contributed by atoms with Gasteiger partial charge in [-0.15, -0.1) is 0 Å². The van der Waals surface area contributed by atoms with Gasteiger partial charge in [0.1, 0.15) is 0 Å². The maximum absolute atomic E-state index is 12.2. The molecule has 1 unspecified atom stereocenters. The Kier molecular flexibility index (Phi) is 6.77. The number of halogens is 2. The number of anilines is 2. The van der Waals surface area contributed by atoms with Gasteiger partial charge in [0.2, 0.25) is 5.91 Å². The number of benzene rings is 2. The molecule has 0 radical (unpaired) electrons. The van der Waals surface area contributed by atoms with Gasteiger partial charge in [0, 0.05) is 23.7 Å². The first kappa shape index (κ1) is 21.1. The maximum atomic E-state index is 12.2. The van der Waals surface area contributed by atoms with Crippen LogP contribution in [0.3, 0.4) is 0 Å². The number of ether oxygens (including phenoxy) is 1. The molecule has 3 rings (SSSR count). The summed E-state index contributed by atoms with van der Waals surface area (Å²) in [7, 11) is 0. The van der Waals surface area contributed by atoms with Crippen molar-refractivity contribution in [1.29, 1.82) is 0 Å². The molecule has 0 aromatic heterocycles.